The normalized spacial score (nSPS) is 29.5. The predicted molar refractivity (Wildman–Crippen MR) is 115 cm³/mol. The van der Waals surface area contributed by atoms with Crippen molar-refractivity contribution < 1.29 is 14.3 Å². The van der Waals surface area contributed by atoms with Gasteiger partial charge in [-0.05, 0) is 48.2 Å². The number of aliphatic imine (C=N–C) groups is 1. The Kier molecular flexibility index (Phi) is 4.67. The molecule has 0 saturated carbocycles. The molecule has 3 unspecified atom stereocenters. The minimum atomic E-state index is -1.15. The number of nitriles is 1. The van der Waals surface area contributed by atoms with Crippen LogP contribution < -0.4 is 15.8 Å². The van der Waals surface area contributed by atoms with Gasteiger partial charge in [-0.1, -0.05) is 25.1 Å². The van der Waals surface area contributed by atoms with Crippen LogP contribution >= 0.6 is 0 Å². The molecule has 0 aliphatic carbocycles. The van der Waals surface area contributed by atoms with Crippen LogP contribution in [0.2, 0.25) is 0 Å². The average molecular weight is 416 g/mol. The number of nitrogens with zero attached hydrogens (tertiary/aromatic N) is 2. The number of rotatable bonds is 2. The molecule has 4 atom stereocenters. The molecule has 3 heterocycles. The summed E-state index contributed by atoms with van der Waals surface area (Å²) >= 11 is 0. The van der Waals surface area contributed by atoms with Gasteiger partial charge in [0, 0.05) is 24.0 Å². The summed E-state index contributed by atoms with van der Waals surface area (Å²) in [5.74, 6) is 0.494. The van der Waals surface area contributed by atoms with Gasteiger partial charge in [0.1, 0.15) is 11.9 Å². The number of nitrogens with one attached hydrogen (secondary N) is 1. The molecule has 31 heavy (non-hydrogen) atoms. The van der Waals surface area contributed by atoms with Crippen molar-refractivity contribution in [3.05, 3.63) is 53.6 Å². The van der Waals surface area contributed by atoms with Crippen LogP contribution in [0.3, 0.4) is 0 Å². The summed E-state index contributed by atoms with van der Waals surface area (Å²) in [4.78, 5) is 17.9. The molecule has 1 fully saturated rings. The van der Waals surface area contributed by atoms with E-state index in [-0.39, 0.29) is 29.8 Å². The van der Waals surface area contributed by atoms with Gasteiger partial charge in [0.2, 0.25) is 0 Å². The summed E-state index contributed by atoms with van der Waals surface area (Å²) in [7, 11) is 0. The summed E-state index contributed by atoms with van der Waals surface area (Å²) in [6, 6.07) is 15.3. The molecule has 158 valence electrons. The summed E-state index contributed by atoms with van der Waals surface area (Å²) in [5.41, 5.74) is 7.88. The first-order chi connectivity index (χ1) is 15.0. The van der Waals surface area contributed by atoms with E-state index < -0.39 is 5.54 Å². The molecule has 2 aromatic rings. The highest BCUT2D eigenvalue weighted by molar-refractivity contribution is 6.08. The van der Waals surface area contributed by atoms with Gasteiger partial charge < -0.3 is 15.2 Å². The van der Waals surface area contributed by atoms with E-state index in [0.29, 0.717) is 23.5 Å². The SMILES string of the molecule is CC1[C@H](C2CCCOC2)Oc2ccc(-c3cccc(C#N)c3)cc2C12N=C(N)NC2=O. The fourth-order valence-corrected chi connectivity index (χ4v) is 5.11. The Balaban J connectivity index is 1.64. The van der Waals surface area contributed by atoms with Crippen molar-refractivity contribution in [2.45, 2.75) is 31.4 Å². The van der Waals surface area contributed by atoms with Gasteiger partial charge in [0.05, 0.1) is 18.2 Å². The van der Waals surface area contributed by atoms with Gasteiger partial charge in [-0.25, -0.2) is 4.99 Å². The maximum absolute atomic E-state index is 13.3. The third-order valence-electron chi connectivity index (χ3n) is 6.67. The minimum Gasteiger partial charge on any atom is -0.489 e. The van der Waals surface area contributed by atoms with Crippen LogP contribution in [0.25, 0.3) is 11.1 Å². The Labute approximate surface area is 180 Å². The van der Waals surface area contributed by atoms with Crippen molar-refractivity contribution in [1.29, 1.82) is 5.26 Å². The molecule has 3 N–H and O–H groups in total. The minimum absolute atomic E-state index is 0.125. The van der Waals surface area contributed by atoms with Crippen molar-refractivity contribution >= 4 is 11.9 Å². The van der Waals surface area contributed by atoms with E-state index in [9.17, 15) is 10.1 Å². The van der Waals surface area contributed by atoms with Crippen molar-refractivity contribution in [3.63, 3.8) is 0 Å². The number of guanidine groups is 1. The average Bonchev–Trinajstić information content (AvgIpc) is 3.11. The van der Waals surface area contributed by atoms with Gasteiger partial charge in [0.15, 0.2) is 11.5 Å². The number of hydrogen-bond acceptors (Lipinski definition) is 6. The smallest absolute Gasteiger partial charge is 0.259 e. The van der Waals surface area contributed by atoms with Crippen molar-refractivity contribution in [2.24, 2.45) is 22.6 Å². The topological polar surface area (TPSA) is 110 Å². The first-order valence-electron chi connectivity index (χ1n) is 10.6. The van der Waals surface area contributed by atoms with E-state index in [4.69, 9.17) is 15.2 Å². The Bertz CT molecular complexity index is 1120. The fraction of sp³-hybridized carbons (Fsp3) is 0.375. The predicted octanol–water partition coefficient (Wildman–Crippen LogP) is 2.69. The first kappa shape index (κ1) is 19.6. The van der Waals surface area contributed by atoms with E-state index >= 15 is 0 Å². The fourth-order valence-electron chi connectivity index (χ4n) is 5.11. The van der Waals surface area contributed by atoms with Crippen LogP contribution in [0.1, 0.15) is 30.9 Å². The lowest BCUT2D eigenvalue weighted by Crippen LogP contribution is -2.54. The van der Waals surface area contributed by atoms with Crippen LogP contribution in [0, 0.1) is 23.2 Å². The number of benzene rings is 2. The zero-order valence-electron chi connectivity index (χ0n) is 17.3. The monoisotopic (exact) mass is 416 g/mol. The first-order valence-corrected chi connectivity index (χ1v) is 10.6. The maximum atomic E-state index is 13.3. The van der Waals surface area contributed by atoms with Crippen LogP contribution in [0.15, 0.2) is 47.5 Å². The third kappa shape index (κ3) is 3.06. The highest BCUT2D eigenvalue weighted by Crippen LogP contribution is 2.50. The Morgan fingerprint density at radius 1 is 1.26 bits per heavy atom. The number of amides is 1. The number of nitrogens with two attached hydrogens (primary N) is 1. The quantitative estimate of drug-likeness (QED) is 0.782. The van der Waals surface area contributed by atoms with E-state index in [1.54, 1.807) is 6.07 Å². The Morgan fingerprint density at radius 2 is 2.10 bits per heavy atom. The van der Waals surface area contributed by atoms with Crippen molar-refractivity contribution in [2.75, 3.05) is 13.2 Å². The Hall–Kier alpha value is -3.37. The second-order valence-electron chi connectivity index (χ2n) is 8.47. The number of carbonyl (C=O) groups excluding carboxylic acids is 1. The lowest BCUT2D eigenvalue weighted by Gasteiger charge is -2.45. The van der Waals surface area contributed by atoms with E-state index in [0.717, 1.165) is 30.6 Å². The molecule has 0 radical (unpaired) electrons. The molecule has 1 amide bonds. The molecule has 7 nitrogen and oxygen atoms in total. The number of carbonyl (C=O) groups is 1. The maximum Gasteiger partial charge on any atom is 0.259 e. The molecule has 1 spiro atoms. The van der Waals surface area contributed by atoms with Crippen LogP contribution in [0.5, 0.6) is 5.75 Å². The van der Waals surface area contributed by atoms with Crippen LogP contribution in [-0.4, -0.2) is 31.2 Å². The summed E-state index contributed by atoms with van der Waals surface area (Å²) in [6.07, 6.45) is 1.75. The van der Waals surface area contributed by atoms with Crippen LogP contribution in [-0.2, 0) is 15.1 Å². The molecule has 0 aromatic heterocycles. The molecule has 2 aromatic carbocycles. The molecular formula is C24H24N4O3. The van der Waals surface area contributed by atoms with E-state index in [1.165, 1.54) is 0 Å². The number of fused-ring (bicyclic) bond motifs is 2. The largest absolute Gasteiger partial charge is 0.489 e. The van der Waals surface area contributed by atoms with Gasteiger partial charge in [-0.3, -0.25) is 10.1 Å². The van der Waals surface area contributed by atoms with Crippen LogP contribution in [0.4, 0.5) is 0 Å². The molecular weight excluding hydrogens is 392 g/mol. The standard InChI is InChI=1S/C24H24N4O3/c1-14-21(18-6-3-9-30-13-18)31-20-8-7-17(16-5-2-4-15(10-16)12-25)11-19(20)24(14)22(29)27-23(26)28-24/h2,4-5,7-8,10-11,14,18,21H,3,6,9,13H2,1H3,(H3,26,27,28,29)/t14?,18?,21-,24?/m1/s1. The van der Waals surface area contributed by atoms with Crippen molar-refractivity contribution in [3.8, 4) is 22.9 Å². The second kappa shape index (κ2) is 7.40. The third-order valence-corrected chi connectivity index (χ3v) is 6.67. The van der Waals surface area contributed by atoms with Gasteiger partial charge in [0.25, 0.3) is 5.91 Å². The lowest BCUT2D eigenvalue weighted by molar-refractivity contribution is -0.130. The van der Waals surface area contributed by atoms with Crippen molar-refractivity contribution in [1.82, 2.24) is 5.32 Å². The second-order valence-corrected chi connectivity index (χ2v) is 8.47. The zero-order valence-corrected chi connectivity index (χ0v) is 17.3. The van der Waals surface area contributed by atoms with E-state index in [2.05, 4.69) is 16.4 Å². The summed E-state index contributed by atoms with van der Waals surface area (Å²) in [5, 5.41) is 12.0. The molecule has 7 heteroatoms. The number of ether oxygens (including phenoxy) is 2. The molecule has 3 aliphatic heterocycles. The number of hydrogen-bond donors (Lipinski definition) is 2. The van der Waals surface area contributed by atoms with Gasteiger partial charge in [-0.15, -0.1) is 0 Å². The van der Waals surface area contributed by atoms with Gasteiger partial charge >= 0.3 is 0 Å². The highest BCUT2D eigenvalue weighted by Gasteiger charge is 2.57. The summed E-state index contributed by atoms with van der Waals surface area (Å²) in [6.45, 7) is 3.38. The molecule has 5 rings (SSSR count). The molecule has 0 bridgehead atoms. The lowest BCUT2D eigenvalue weighted by atomic mass is 9.70. The van der Waals surface area contributed by atoms with Gasteiger partial charge in [-0.2, -0.15) is 5.26 Å². The molecule has 1 saturated heterocycles. The van der Waals surface area contributed by atoms with E-state index in [1.807, 2.05) is 43.3 Å². The highest BCUT2D eigenvalue weighted by atomic mass is 16.5. The zero-order chi connectivity index (χ0) is 21.6. The Morgan fingerprint density at radius 3 is 2.81 bits per heavy atom. The summed E-state index contributed by atoms with van der Waals surface area (Å²) < 4.78 is 12.2. The molecule has 3 aliphatic rings.